The second kappa shape index (κ2) is 10.5. The first-order chi connectivity index (χ1) is 13.0. The molecule has 0 saturated carbocycles. The van der Waals surface area contributed by atoms with E-state index in [0.717, 1.165) is 47.5 Å². The lowest BCUT2D eigenvalue weighted by Gasteiger charge is -2.13. The number of hydrogen-bond acceptors (Lipinski definition) is 5. The fourth-order valence-corrected chi connectivity index (χ4v) is 2.57. The lowest BCUT2D eigenvalue weighted by atomic mass is 10.1. The van der Waals surface area contributed by atoms with Gasteiger partial charge in [0.15, 0.2) is 11.8 Å². The molecule has 2 rings (SSSR count). The predicted octanol–water partition coefficient (Wildman–Crippen LogP) is 1.71. The molecular formula is C19H30N6O2. The van der Waals surface area contributed by atoms with Crippen molar-refractivity contribution in [1.29, 1.82) is 0 Å². The summed E-state index contributed by atoms with van der Waals surface area (Å²) in [6.07, 6.45) is 0.901. The Bertz CT molecular complexity index is 757. The van der Waals surface area contributed by atoms with Crippen molar-refractivity contribution >= 4 is 5.96 Å². The van der Waals surface area contributed by atoms with Crippen LogP contribution in [0.4, 0.5) is 0 Å². The summed E-state index contributed by atoms with van der Waals surface area (Å²) >= 11 is 0. The van der Waals surface area contributed by atoms with E-state index in [9.17, 15) is 0 Å². The van der Waals surface area contributed by atoms with Gasteiger partial charge in [-0.05, 0) is 43.5 Å². The fourth-order valence-electron chi connectivity index (χ4n) is 2.57. The number of nitrogens with one attached hydrogen (secondary N) is 2. The average molecular weight is 374 g/mol. The normalized spacial score (nSPS) is 11.5. The second-order valence-corrected chi connectivity index (χ2v) is 6.37. The predicted molar refractivity (Wildman–Crippen MR) is 106 cm³/mol. The van der Waals surface area contributed by atoms with Crippen molar-refractivity contribution in [2.24, 2.45) is 12.0 Å². The highest BCUT2D eigenvalue weighted by atomic mass is 16.5. The van der Waals surface area contributed by atoms with E-state index in [1.807, 2.05) is 37.6 Å². The summed E-state index contributed by atoms with van der Waals surface area (Å²) in [5, 5.41) is 14.9. The Balaban J connectivity index is 2.04. The fraction of sp³-hybridized carbons (Fsp3) is 0.526. The molecule has 0 spiro atoms. The van der Waals surface area contributed by atoms with Gasteiger partial charge in [-0.1, -0.05) is 6.07 Å². The van der Waals surface area contributed by atoms with Gasteiger partial charge in [-0.15, -0.1) is 10.2 Å². The lowest BCUT2D eigenvalue weighted by Crippen LogP contribution is -2.38. The molecule has 0 aliphatic carbocycles. The summed E-state index contributed by atoms with van der Waals surface area (Å²) in [6.45, 7) is 6.56. The number of hydrogen-bond donors (Lipinski definition) is 2. The molecule has 8 heteroatoms. The van der Waals surface area contributed by atoms with Crippen LogP contribution in [-0.4, -0.2) is 48.1 Å². The maximum atomic E-state index is 5.34. The number of rotatable bonds is 9. The minimum atomic E-state index is 0.546. The van der Waals surface area contributed by atoms with Gasteiger partial charge in [-0.3, -0.25) is 0 Å². The summed E-state index contributed by atoms with van der Waals surface area (Å²) in [5.74, 6) is 3.31. The lowest BCUT2D eigenvalue weighted by molar-refractivity contribution is 0.195. The summed E-state index contributed by atoms with van der Waals surface area (Å²) in [4.78, 5) is 4.70. The van der Waals surface area contributed by atoms with Crippen molar-refractivity contribution in [3.8, 4) is 5.75 Å². The van der Waals surface area contributed by atoms with E-state index in [1.165, 1.54) is 0 Å². The minimum absolute atomic E-state index is 0.546. The largest absolute Gasteiger partial charge is 0.497 e. The number of aliphatic imine (C=N–C) groups is 1. The minimum Gasteiger partial charge on any atom is -0.497 e. The molecule has 0 fully saturated rings. The molecule has 148 valence electrons. The molecule has 1 heterocycles. The number of guanidine groups is 1. The Morgan fingerprint density at radius 3 is 2.63 bits per heavy atom. The van der Waals surface area contributed by atoms with Crippen LogP contribution in [0.3, 0.4) is 0 Å². The van der Waals surface area contributed by atoms with Crippen LogP contribution >= 0.6 is 0 Å². The number of aryl methyl sites for hydroxylation is 2. The average Bonchev–Trinajstić information content (AvgIpc) is 2.98. The first-order valence-electron chi connectivity index (χ1n) is 9.04. The van der Waals surface area contributed by atoms with Crippen LogP contribution in [0.5, 0.6) is 5.75 Å². The van der Waals surface area contributed by atoms with E-state index in [2.05, 4.69) is 26.9 Å². The topological polar surface area (TPSA) is 85.6 Å². The van der Waals surface area contributed by atoms with Crippen molar-refractivity contribution in [2.45, 2.75) is 33.4 Å². The van der Waals surface area contributed by atoms with E-state index < -0.39 is 0 Å². The van der Waals surface area contributed by atoms with Gasteiger partial charge < -0.3 is 24.7 Å². The number of benzene rings is 1. The van der Waals surface area contributed by atoms with Crippen LogP contribution in [0.1, 0.15) is 29.2 Å². The van der Waals surface area contributed by atoms with Gasteiger partial charge >= 0.3 is 0 Å². The molecule has 0 aliphatic rings. The summed E-state index contributed by atoms with van der Waals surface area (Å²) in [6, 6.07) is 6.12. The third-order valence-electron chi connectivity index (χ3n) is 4.18. The van der Waals surface area contributed by atoms with Crippen LogP contribution in [-0.2, 0) is 24.9 Å². The zero-order valence-electron chi connectivity index (χ0n) is 16.9. The van der Waals surface area contributed by atoms with Gasteiger partial charge in [-0.25, -0.2) is 4.99 Å². The number of nitrogens with zero attached hydrogens (tertiary/aromatic N) is 4. The van der Waals surface area contributed by atoms with Crippen molar-refractivity contribution in [2.75, 3.05) is 27.4 Å². The molecule has 0 atom stereocenters. The van der Waals surface area contributed by atoms with Crippen molar-refractivity contribution < 1.29 is 9.47 Å². The second-order valence-electron chi connectivity index (χ2n) is 6.37. The molecular weight excluding hydrogens is 344 g/mol. The summed E-state index contributed by atoms with van der Waals surface area (Å²) < 4.78 is 12.4. The molecule has 2 aromatic rings. The maximum absolute atomic E-state index is 5.34. The number of aromatic nitrogens is 3. The van der Waals surface area contributed by atoms with E-state index in [0.29, 0.717) is 19.7 Å². The first kappa shape index (κ1) is 20.7. The third-order valence-corrected chi connectivity index (χ3v) is 4.18. The standard InChI is InChI=1S/C19H30N6O2/c1-14-9-16(11-17(10-14)27-5)12-21-19(20-7-6-8-26-4)22-13-18-24-23-15(2)25(18)3/h9-11H,6-8,12-13H2,1-5H3,(H2,20,21,22). The Morgan fingerprint density at radius 2 is 1.96 bits per heavy atom. The van der Waals surface area contributed by atoms with Crippen molar-refractivity contribution in [3.63, 3.8) is 0 Å². The van der Waals surface area contributed by atoms with E-state index >= 15 is 0 Å². The SMILES string of the molecule is COCCCNC(=NCc1cc(C)cc(OC)c1)NCc1nnc(C)n1C. The molecule has 27 heavy (non-hydrogen) atoms. The van der Waals surface area contributed by atoms with Gasteiger partial charge in [0, 0.05) is 27.3 Å². The van der Waals surface area contributed by atoms with Crippen LogP contribution in [0.25, 0.3) is 0 Å². The summed E-state index contributed by atoms with van der Waals surface area (Å²) in [5.41, 5.74) is 2.25. The molecule has 0 bridgehead atoms. The van der Waals surface area contributed by atoms with E-state index in [4.69, 9.17) is 14.5 Å². The van der Waals surface area contributed by atoms with Gasteiger partial charge in [-0.2, -0.15) is 0 Å². The molecule has 2 N–H and O–H groups in total. The number of methoxy groups -OCH3 is 2. The van der Waals surface area contributed by atoms with E-state index in [-0.39, 0.29) is 0 Å². The van der Waals surface area contributed by atoms with Crippen LogP contribution in [0.15, 0.2) is 23.2 Å². The molecule has 0 amide bonds. The van der Waals surface area contributed by atoms with Crippen LogP contribution < -0.4 is 15.4 Å². The highest BCUT2D eigenvalue weighted by Crippen LogP contribution is 2.17. The van der Waals surface area contributed by atoms with Crippen molar-refractivity contribution in [3.05, 3.63) is 41.0 Å². The van der Waals surface area contributed by atoms with Crippen LogP contribution in [0, 0.1) is 13.8 Å². The Morgan fingerprint density at radius 1 is 1.15 bits per heavy atom. The quantitative estimate of drug-likeness (QED) is 0.395. The highest BCUT2D eigenvalue weighted by Gasteiger charge is 2.06. The Labute approximate surface area is 161 Å². The maximum Gasteiger partial charge on any atom is 0.191 e. The molecule has 0 unspecified atom stereocenters. The molecule has 1 aromatic carbocycles. The smallest absolute Gasteiger partial charge is 0.191 e. The van der Waals surface area contributed by atoms with Gasteiger partial charge in [0.2, 0.25) is 0 Å². The zero-order valence-corrected chi connectivity index (χ0v) is 16.9. The summed E-state index contributed by atoms with van der Waals surface area (Å²) in [7, 11) is 5.33. The van der Waals surface area contributed by atoms with E-state index in [1.54, 1.807) is 14.2 Å². The zero-order chi connectivity index (χ0) is 19.6. The molecule has 0 radical (unpaired) electrons. The number of ether oxygens (including phenoxy) is 2. The molecule has 0 aliphatic heterocycles. The van der Waals surface area contributed by atoms with Crippen LogP contribution in [0.2, 0.25) is 0 Å². The highest BCUT2D eigenvalue weighted by molar-refractivity contribution is 5.79. The Kier molecular flexibility index (Phi) is 8.06. The van der Waals surface area contributed by atoms with Gasteiger partial charge in [0.25, 0.3) is 0 Å². The van der Waals surface area contributed by atoms with Crippen molar-refractivity contribution in [1.82, 2.24) is 25.4 Å². The first-order valence-corrected chi connectivity index (χ1v) is 9.04. The van der Waals surface area contributed by atoms with Gasteiger partial charge in [0.1, 0.15) is 11.6 Å². The monoisotopic (exact) mass is 374 g/mol. The molecule has 8 nitrogen and oxygen atoms in total. The van der Waals surface area contributed by atoms with Gasteiger partial charge in [0.05, 0.1) is 20.2 Å². The third kappa shape index (κ3) is 6.56. The molecule has 0 saturated heterocycles. The Hall–Kier alpha value is -2.61. The molecule has 1 aromatic heterocycles.